The zero-order valence-corrected chi connectivity index (χ0v) is 19.9. The highest BCUT2D eigenvalue weighted by Gasteiger charge is 2.37. The third-order valence-corrected chi connectivity index (χ3v) is 4.69. The van der Waals surface area contributed by atoms with Gasteiger partial charge in [-0.15, -0.1) is 0 Å². The molecule has 36 heavy (non-hydrogen) atoms. The zero-order valence-electron chi connectivity index (χ0n) is 19.9. The average Bonchev–Trinajstić information content (AvgIpc) is 2.81. The molecule has 1 fully saturated rings. The monoisotopic (exact) mass is 519 g/mol. The summed E-state index contributed by atoms with van der Waals surface area (Å²) >= 11 is 0. The minimum Gasteiger partial charge on any atom is -0.394 e. The number of aliphatic hydroxyl groups is 2. The number of urea groups is 1. The number of hydrogen-bond acceptors (Lipinski definition) is 11. The number of hydrazine groups is 1. The van der Waals surface area contributed by atoms with Gasteiger partial charge in [0.1, 0.15) is 24.7 Å². The molecule has 0 bridgehead atoms. The van der Waals surface area contributed by atoms with Gasteiger partial charge in [-0.2, -0.15) is 0 Å². The van der Waals surface area contributed by atoms with E-state index in [-0.39, 0.29) is 26.4 Å². The van der Waals surface area contributed by atoms with Crippen LogP contribution in [0, 0.1) is 0 Å². The van der Waals surface area contributed by atoms with Gasteiger partial charge < -0.3 is 46.7 Å². The first-order valence-electron chi connectivity index (χ1n) is 10.9. The number of hydrogen-bond donors (Lipinski definition) is 8. The van der Waals surface area contributed by atoms with Crippen molar-refractivity contribution in [2.45, 2.75) is 37.6 Å². The van der Waals surface area contributed by atoms with Gasteiger partial charge in [-0.3, -0.25) is 24.0 Å². The van der Waals surface area contributed by atoms with Crippen LogP contribution in [-0.4, -0.2) is 122 Å². The highest BCUT2D eigenvalue weighted by molar-refractivity contribution is 6.03. The van der Waals surface area contributed by atoms with E-state index in [1.807, 2.05) is 0 Å². The highest BCUT2D eigenvalue weighted by atomic mass is 16.5. The highest BCUT2D eigenvalue weighted by Crippen LogP contribution is 2.05. The minimum absolute atomic E-state index is 0.00836. The summed E-state index contributed by atoms with van der Waals surface area (Å²) in [7, 11) is 1.17. The van der Waals surface area contributed by atoms with Crippen molar-refractivity contribution in [1.29, 1.82) is 0 Å². The van der Waals surface area contributed by atoms with Crippen LogP contribution in [0.2, 0.25) is 0 Å². The van der Waals surface area contributed by atoms with Gasteiger partial charge >= 0.3 is 6.03 Å². The van der Waals surface area contributed by atoms with Gasteiger partial charge in [0.2, 0.25) is 17.7 Å². The molecule has 17 heteroatoms. The summed E-state index contributed by atoms with van der Waals surface area (Å²) in [4.78, 5) is 74.4. The number of carbonyl (C=O) groups excluding carboxylic acids is 6. The van der Waals surface area contributed by atoms with Crippen LogP contribution in [-0.2, 0) is 33.4 Å². The first kappa shape index (κ1) is 30.7. The number of rotatable bonds is 5. The molecule has 17 nitrogen and oxygen atoms in total. The summed E-state index contributed by atoms with van der Waals surface area (Å²) in [5.41, 5.74) is 7.45. The number of ether oxygens (including phenoxy) is 2. The Morgan fingerprint density at radius 3 is 2.31 bits per heavy atom. The van der Waals surface area contributed by atoms with E-state index in [0.717, 1.165) is 0 Å². The van der Waals surface area contributed by atoms with Crippen molar-refractivity contribution < 1.29 is 48.5 Å². The van der Waals surface area contributed by atoms with Crippen LogP contribution in [0.15, 0.2) is 0 Å². The van der Waals surface area contributed by atoms with Gasteiger partial charge in [0, 0.05) is 13.6 Å². The summed E-state index contributed by atoms with van der Waals surface area (Å²) in [6.07, 6.45) is -2.20. The van der Waals surface area contributed by atoms with E-state index in [0.29, 0.717) is 5.01 Å². The second-order valence-corrected chi connectivity index (χ2v) is 7.55. The van der Waals surface area contributed by atoms with Crippen molar-refractivity contribution in [2.24, 2.45) is 5.73 Å². The van der Waals surface area contributed by atoms with E-state index < -0.39 is 79.4 Å². The minimum atomic E-state index is -1.70. The molecule has 1 rings (SSSR count). The Balaban J connectivity index is 3.22. The van der Waals surface area contributed by atoms with Gasteiger partial charge in [0.15, 0.2) is 0 Å². The van der Waals surface area contributed by atoms with Crippen molar-refractivity contribution in [2.75, 3.05) is 46.6 Å². The molecule has 204 valence electrons. The second kappa shape index (κ2) is 15.6. The first-order chi connectivity index (χ1) is 17.0. The Morgan fingerprint density at radius 2 is 1.72 bits per heavy atom. The average molecular weight is 520 g/mol. The number of carbonyl (C=O) groups is 6. The van der Waals surface area contributed by atoms with Gasteiger partial charge in [0.05, 0.1) is 39.0 Å². The Hall–Kier alpha value is -3.38. The largest absolute Gasteiger partial charge is 0.394 e. The zero-order chi connectivity index (χ0) is 27.3. The van der Waals surface area contributed by atoms with E-state index in [2.05, 4.69) is 26.7 Å². The summed E-state index contributed by atoms with van der Waals surface area (Å²) in [5, 5.41) is 28.8. The molecule has 1 saturated heterocycles. The van der Waals surface area contributed by atoms with Crippen LogP contribution in [0.4, 0.5) is 4.79 Å². The third kappa shape index (κ3) is 10.1. The molecule has 9 N–H and O–H groups in total. The molecule has 1 heterocycles. The number of aliphatic hydroxyl groups excluding tert-OH is 2. The Kier molecular flexibility index (Phi) is 13.3. The molecule has 7 amide bonds. The summed E-state index contributed by atoms with van der Waals surface area (Å²) in [5.74, 6) is -4.83. The van der Waals surface area contributed by atoms with Crippen LogP contribution >= 0.6 is 0 Å². The lowest BCUT2D eigenvalue weighted by Gasteiger charge is -2.30. The van der Waals surface area contributed by atoms with Gasteiger partial charge in [0.25, 0.3) is 11.8 Å². The fourth-order valence-corrected chi connectivity index (χ4v) is 2.94. The van der Waals surface area contributed by atoms with Crippen molar-refractivity contribution >= 4 is 35.6 Å². The molecule has 1 unspecified atom stereocenters. The van der Waals surface area contributed by atoms with E-state index in [4.69, 9.17) is 15.2 Å². The SMILES string of the molecule is CNN1C(=O)C([C@H](C)O)NC(=O)COCCOCCNC(=O)[C@@H](CO)NC(=O)N[C@H](CC(N)=O)C1=O. The maximum atomic E-state index is 13.0. The van der Waals surface area contributed by atoms with E-state index >= 15 is 0 Å². The number of nitrogens with two attached hydrogens (primary N) is 1. The molecule has 0 radical (unpaired) electrons. The molecule has 0 aromatic rings. The van der Waals surface area contributed by atoms with Crippen molar-refractivity contribution in [1.82, 2.24) is 31.7 Å². The first-order valence-corrected chi connectivity index (χ1v) is 10.9. The Labute approximate surface area is 206 Å². The molecule has 0 aromatic carbocycles. The lowest BCUT2D eigenvalue weighted by Crippen LogP contribution is -2.63. The lowest BCUT2D eigenvalue weighted by molar-refractivity contribution is -0.154. The topological polar surface area (TPSA) is 251 Å². The second-order valence-electron chi connectivity index (χ2n) is 7.55. The van der Waals surface area contributed by atoms with Gasteiger partial charge in [-0.1, -0.05) is 0 Å². The summed E-state index contributed by atoms with van der Waals surface area (Å²) in [6.45, 7) is 0.0476. The molecular formula is C19H33N7O10. The predicted molar refractivity (Wildman–Crippen MR) is 119 cm³/mol. The molecule has 0 aliphatic carbocycles. The molecule has 0 saturated carbocycles. The standard InChI is InChI=1S/C19H33N7O10/c1-10(28)15-18(33)26(21-2)17(32)11(7-13(20)29)23-19(34)24-12(8-27)16(31)22-3-4-35-5-6-36-9-14(30)25-15/h10-12,15,21,27-28H,3-9H2,1-2H3,(H2,20,29)(H,22,31)(H,25,30)(H2,23,24,34)/t10-,11+,12+,15?/m0/s1. The molecule has 1 aliphatic rings. The maximum absolute atomic E-state index is 13.0. The van der Waals surface area contributed by atoms with E-state index in [9.17, 15) is 39.0 Å². The van der Waals surface area contributed by atoms with E-state index in [1.165, 1.54) is 14.0 Å². The smallest absolute Gasteiger partial charge is 0.316 e. The predicted octanol–water partition coefficient (Wildman–Crippen LogP) is -5.59. The molecule has 0 spiro atoms. The fourth-order valence-electron chi connectivity index (χ4n) is 2.94. The normalized spacial score (nSPS) is 25.2. The fraction of sp³-hybridized carbons (Fsp3) is 0.684. The quantitative estimate of drug-likeness (QED) is 0.159. The lowest BCUT2D eigenvalue weighted by atomic mass is 10.1. The number of imide groups is 1. The third-order valence-electron chi connectivity index (χ3n) is 4.69. The van der Waals surface area contributed by atoms with Crippen molar-refractivity contribution in [3.8, 4) is 0 Å². The van der Waals surface area contributed by atoms with Crippen LogP contribution in [0.3, 0.4) is 0 Å². The number of primary amides is 1. The van der Waals surface area contributed by atoms with Crippen LogP contribution in [0.5, 0.6) is 0 Å². The van der Waals surface area contributed by atoms with Crippen LogP contribution < -0.4 is 32.4 Å². The summed E-state index contributed by atoms with van der Waals surface area (Å²) in [6, 6.07) is -5.85. The number of nitrogens with one attached hydrogen (secondary N) is 5. The maximum Gasteiger partial charge on any atom is 0.316 e. The molecule has 0 aromatic heterocycles. The molecular weight excluding hydrogens is 486 g/mol. The van der Waals surface area contributed by atoms with Gasteiger partial charge in [-0.05, 0) is 6.92 Å². The number of nitrogens with zero attached hydrogens (tertiary/aromatic N) is 1. The van der Waals surface area contributed by atoms with E-state index in [1.54, 1.807) is 0 Å². The molecule has 1 aliphatic heterocycles. The van der Waals surface area contributed by atoms with Crippen LogP contribution in [0.1, 0.15) is 13.3 Å². The van der Waals surface area contributed by atoms with Crippen molar-refractivity contribution in [3.63, 3.8) is 0 Å². The summed E-state index contributed by atoms with van der Waals surface area (Å²) < 4.78 is 10.4. The van der Waals surface area contributed by atoms with Gasteiger partial charge in [-0.25, -0.2) is 15.2 Å². The Morgan fingerprint density at radius 1 is 1.08 bits per heavy atom. The Bertz CT molecular complexity index is 809. The molecule has 4 atom stereocenters. The number of amides is 7. The van der Waals surface area contributed by atoms with Crippen LogP contribution in [0.25, 0.3) is 0 Å². The van der Waals surface area contributed by atoms with Crippen molar-refractivity contribution in [3.05, 3.63) is 0 Å².